The summed E-state index contributed by atoms with van der Waals surface area (Å²) in [6, 6.07) is 13.6. The van der Waals surface area contributed by atoms with Crippen LogP contribution in [0.1, 0.15) is 68.0 Å². The maximum Gasteiger partial charge on any atom is 0.252 e. The minimum absolute atomic E-state index is 0.0580. The van der Waals surface area contributed by atoms with E-state index in [4.69, 9.17) is 53.4 Å². The zero-order valence-electron chi connectivity index (χ0n) is 30.2. The van der Waals surface area contributed by atoms with E-state index in [-0.39, 0.29) is 46.6 Å². The van der Waals surface area contributed by atoms with Crippen LogP contribution in [0.3, 0.4) is 0 Å². The highest BCUT2D eigenvalue weighted by atomic mass is 35.5. The molecule has 10 bridgehead atoms. The average molecular weight is 802 g/mol. The molecule has 55 heavy (non-hydrogen) atoms. The highest BCUT2D eigenvalue weighted by molar-refractivity contribution is 6.37. The van der Waals surface area contributed by atoms with Crippen LogP contribution in [0.15, 0.2) is 57.4 Å². The van der Waals surface area contributed by atoms with E-state index in [1.807, 2.05) is 62.4 Å². The van der Waals surface area contributed by atoms with Gasteiger partial charge in [0, 0.05) is 39.2 Å². The number of oxazole rings is 2. The number of nitrogens with one attached hydrogen (secondary N) is 4. The molecule has 0 spiro atoms. The molecule has 3 aliphatic rings. The lowest BCUT2D eigenvalue weighted by Gasteiger charge is -2.26. The molecule has 3 aromatic carbocycles. The lowest BCUT2D eigenvalue weighted by Crippen LogP contribution is -2.54. The molecule has 4 atom stereocenters. The molecule has 0 saturated carbocycles. The third kappa shape index (κ3) is 5.85. The predicted molar refractivity (Wildman–Crippen MR) is 208 cm³/mol. The number of fused-ring (bicyclic) bond motifs is 8. The van der Waals surface area contributed by atoms with Gasteiger partial charge in [0.05, 0.1) is 11.5 Å². The number of aliphatic hydroxyl groups is 1. The van der Waals surface area contributed by atoms with Crippen molar-refractivity contribution in [2.75, 3.05) is 5.32 Å². The van der Waals surface area contributed by atoms with Crippen molar-refractivity contribution in [2.24, 2.45) is 5.92 Å². The minimum Gasteiger partial charge on any atom is -0.469 e. The Balaban J connectivity index is 1.27. The second-order valence-corrected chi connectivity index (χ2v) is 16.3. The van der Waals surface area contributed by atoms with Gasteiger partial charge in [-0.2, -0.15) is 4.98 Å². The number of H-pyrrole nitrogens is 1. The molecule has 0 fully saturated rings. The molecule has 0 saturated heterocycles. The van der Waals surface area contributed by atoms with Crippen LogP contribution in [-0.2, 0) is 16.0 Å². The predicted octanol–water partition coefficient (Wildman–Crippen LogP) is 8.31. The molecule has 6 aromatic rings. The van der Waals surface area contributed by atoms with Crippen LogP contribution in [0.2, 0.25) is 15.3 Å². The smallest absolute Gasteiger partial charge is 0.252 e. The molecule has 0 radical (unpaired) electrons. The number of benzene rings is 3. The summed E-state index contributed by atoms with van der Waals surface area (Å²) < 4.78 is 19.0. The second-order valence-electron chi connectivity index (χ2n) is 15.1. The van der Waals surface area contributed by atoms with E-state index in [0.717, 1.165) is 44.4 Å². The molecular formula is C40H35Cl3N6O6. The van der Waals surface area contributed by atoms with Crippen LogP contribution in [0.4, 0.5) is 5.69 Å². The molecule has 3 aliphatic heterocycles. The van der Waals surface area contributed by atoms with Gasteiger partial charge in [0.15, 0.2) is 22.8 Å². The number of carbonyl (C=O) groups excluding carboxylic acids is 2. The summed E-state index contributed by atoms with van der Waals surface area (Å²) in [7, 11) is 0. The van der Waals surface area contributed by atoms with Crippen LogP contribution < -0.4 is 20.7 Å². The SMILES string of the molecule is Cc1oc2nc1-c1nc(Cl)c(o1)-c1c(Cl)[nH]c3cccc(c13)-c1cc(Cl)cc3c1NC1Oc4ccc(cc4C31)C[C@H](NC(=O)C(C)(C)O)C(=O)N[C@H]2C(C)C. The van der Waals surface area contributed by atoms with Crippen molar-refractivity contribution < 1.29 is 28.3 Å². The lowest BCUT2D eigenvalue weighted by molar-refractivity contribution is -0.139. The van der Waals surface area contributed by atoms with E-state index in [0.29, 0.717) is 27.2 Å². The molecule has 3 aromatic heterocycles. The summed E-state index contributed by atoms with van der Waals surface area (Å²) in [5, 5.41) is 21.6. The number of amides is 2. The number of carbonyl (C=O) groups is 2. The Bertz CT molecular complexity index is 2590. The molecule has 6 heterocycles. The van der Waals surface area contributed by atoms with Crippen molar-refractivity contribution >= 4 is 63.2 Å². The van der Waals surface area contributed by atoms with Gasteiger partial charge in [-0.1, -0.05) is 72.9 Å². The maximum atomic E-state index is 14.2. The maximum absolute atomic E-state index is 14.2. The number of hydrogen-bond donors (Lipinski definition) is 5. The third-order valence-electron chi connectivity index (χ3n) is 10.5. The number of aryl methyl sites for hydroxylation is 1. The van der Waals surface area contributed by atoms with E-state index >= 15 is 0 Å². The molecule has 2 unspecified atom stereocenters. The van der Waals surface area contributed by atoms with Crippen LogP contribution >= 0.6 is 34.8 Å². The summed E-state index contributed by atoms with van der Waals surface area (Å²) in [4.78, 5) is 40.0. The van der Waals surface area contributed by atoms with E-state index in [1.54, 1.807) is 6.92 Å². The molecule has 9 rings (SSSR count). The normalized spacial score (nSPS) is 20.0. The largest absolute Gasteiger partial charge is 0.469 e. The zero-order chi connectivity index (χ0) is 38.7. The molecule has 5 N–H and O–H groups in total. The number of anilines is 1. The number of hydrogen-bond acceptors (Lipinski definition) is 9. The van der Waals surface area contributed by atoms with Gasteiger partial charge in [-0.05, 0) is 67.6 Å². The number of nitrogens with zero attached hydrogens (tertiary/aromatic N) is 2. The molecule has 15 heteroatoms. The molecule has 282 valence electrons. The first-order chi connectivity index (χ1) is 26.2. The topological polar surface area (TPSA) is 168 Å². The quantitative estimate of drug-likeness (QED) is 0.118. The van der Waals surface area contributed by atoms with Crippen LogP contribution in [-0.4, -0.2) is 49.7 Å². The summed E-state index contributed by atoms with van der Waals surface area (Å²) >= 11 is 20.7. The molecule has 12 nitrogen and oxygen atoms in total. The van der Waals surface area contributed by atoms with Gasteiger partial charge in [-0.3, -0.25) is 9.59 Å². The number of ether oxygens (including phenoxy) is 1. The minimum atomic E-state index is -1.74. The Kier molecular flexibility index (Phi) is 8.28. The summed E-state index contributed by atoms with van der Waals surface area (Å²) in [5.74, 6) is -0.0528. The van der Waals surface area contributed by atoms with Crippen molar-refractivity contribution in [3.63, 3.8) is 0 Å². The first-order valence-electron chi connectivity index (χ1n) is 17.8. The summed E-state index contributed by atoms with van der Waals surface area (Å²) in [6.45, 7) is 8.27. The average Bonchev–Trinajstić information content (AvgIpc) is 3.92. The van der Waals surface area contributed by atoms with Gasteiger partial charge in [0.1, 0.15) is 34.3 Å². The van der Waals surface area contributed by atoms with Gasteiger partial charge < -0.3 is 39.6 Å². The monoisotopic (exact) mass is 800 g/mol. The van der Waals surface area contributed by atoms with Crippen molar-refractivity contribution in [3.05, 3.63) is 92.2 Å². The fourth-order valence-electron chi connectivity index (χ4n) is 7.78. The Labute approximate surface area is 329 Å². The number of halogens is 3. The first kappa shape index (κ1) is 35.7. The van der Waals surface area contributed by atoms with Gasteiger partial charge in [0.25, 0.3) is 11.8 Å². The van der Waals surface area contributed by atoms with Crippen molar-refractivity contribution in [3.8, 4) is 39.8 Å². The molecular weight excluding hydrogens is 767 g/mol. The fraction of sp³-hybridized carbons (Fsp3) is 0.300. The summed E-state index contributed by atoms with van der Waals surface area (Å²) in [6.07, 6.45) is -0.333. The fourth-order valence-corrected chi connectivity index (χ4v) is 8.50. The Hall–Kier alpha value is -5.01. The van der Waals surface area contributed by atoms with E-state index < -0.39 is 35.7 Å². The van der Waals surface area contributed by atoms with Crippen molar-refractivity contribution in [1.82, 2.24) is 25.6 Å². The van der Waals surface area contributed by atoms with Crippen molar-refractivity contribution in [2.45, 2.75) is 70.9 Å². The Morgan fingerprint density at radius 3 is 2.58 bits per heavy atom. The Morgan fingerprint density at radius 2 is 1.82 bits per heavy atom. The van der Waals surface area contributed by atoms with Gasteiger partial charge in [-0.15, -0.1) is 0 Å². The van der Waals surface area contributed by atoms with Crippen LogP contribution in [0.25, 0.3) is 44.9 Å². The zero-order valence-corrected chi connectivity index (χ0v) is 32.5. The highest BCUT2D eigenvalue weighted by Crippen LogP contribution is 2.54. The van der Waals surface area contributed by atoms with E-state index in [9.17, 15) is 14.7 Å². The van der Waals surface area contributed by atoms with Crippen LogP contribution in [0.5, 0.6) is 5.75 Å². The van der Waals surface area contributed by atoms with E-state index in [2.05, 4.69) is 25.9 Å². The molecule has 2 amide bonds. The number of aromatic nitrogens is 3. The van der Waals surface area contributed by atoms with Crippen LogP contribution in [0, 0.1) is 12.8 Å². The first-order valence-corrected chi connectivity index (χ1v) is 19.0. The molecule has 0 aliphatic carbocycles. The third-order valence-corrected chi connectivity index (χ3v) is 11.2. The Morgan fingerprint density at radius 1 is 1.02 bits per heavy atom. The standard InChI is InChI=1S/C40H35Cl3N6O6/c1-15(2)29-37-47-30(16(3)53-37)38-49-34(43)32(55-38)28-27-19(7-6-8-23(27)44-33(28)42)20-13-18(41)14-22-26-21-11-17(9-10-25(21)54-36(26)48-31(20)22)12-24(35(50)46-29)45-39(51)40(4,5)52/h6-11,13-15,24,26,29,36,44,48,52H,12H2,1-5H3,(H,45,51)(H,46,50)/t24-,26?,29-,36?/m0/s1. The summed E-state index contributed by atoms with van der Waals surface area (Å²) in [5.41, 5.74) is 4.84. The van der Waals surface area contributed by atoms with Gasteiger partial charge in [0.2, 0.25) is 11.8 Å². The van der Waals surface area contributed by atoms with Gasteiger partial charge >= 0.3 is 0 Å². The van der Waals surface area contributed by atoms with E-state index in [1.165, 1.54) is 13.8 Å². The highest BCUT2D eigenvalue weighted by Gasteiger charge is 2.44. The number of aromatic amines is 1. The van der Waals surface area contributed by atoms with Crippen molar-refractivity contribution in [1.29, 1.82) is 0 Å². The second kappa shape index (κ2) is 12.8. The lowest BCUT2D eigenvalue weighted by atomic mass is 9.88. The number of rotatable bonds is 3. The van der Waals surface area contributed by atoms with Gasteiger partial charge in [-0.25, -0.2) is 4.98 Å².